The molecule has 8 nitrogen and oxygen atoms in total. The minimum atomic E-state index is 0.0777. The number of rotatable bonds is 4. The van der Waals surface area contributed by atoms with Crippen molar-refractivity contribution in [3.8, 4) is 0 Å². The second-order valence-electron chi connectivity index (χ2n) is 7.75. The summed E-state index contributed by atoms with van der Waals surface area (Å²) >= 11 is 0. The predicted octanol–water partition coefficient (Wildman–Crippen LogP) is 0.596. The highest BCUT2D eigenvalue weighted by atomic mass is 16.2. The molecule has 2 fully saturated rings. The predicted molar refractivity (Wildman–Crippen MR) is 94.3 cm³/mol. The summed E-state index contributed by atoms with van der Waals surface area (Å²) in [4.78, 5) is 28.7. The second kappa shape index (κ2) is 6.26. The molecule has 2 aromatic heterocycles. The zero-order valence-corrected chi connectivity index (χ0v) is 15.2. The summed E-state index contributed by atoms with van der Waals surface area (Å²) in [6, 6.07) is 3.81. The van der Waals surface area contributed by atoms with E-state index in [-0.39, 0.29) is 17.2 Å². The van der Waals surface area contributed by atoms with Crippen molar-refractivity contribution in [3.63, 3.8) is 0 Å². The summed E-state index contributed by atoms with van der Waals surface area (Å²) in [6.45, 7) is 6.83. The SMILES string of the molecule is Cc1cc(CC(=O)N2CCC3(C2)CN(C(=O)Cc2cc(C)[nH]n2)C3)n[nH]1. The molecule has 138 valence electrons. The number of nitrogens with zero attached hydrogens (tertiary/aromatic N) is 4. The number of hydrogen-bond donors (Lipinski definition) is 2. The van der Waals surface area contributed by atoms with E-state index in [1.807, 2.05) is 35.8 Å². The van der Waals surface area contributed by atoms with Crippen LogP contribution in [0.2, 0.25) is 0 Å². The van der Waals surface area contributed by atoms with Crippen molar-refractivity contribution in [2.45, 2.75) is 33.1 Å². The summed E-state index contributed by atoms with van der Waals surface area (Å²) in [6.07, 6.45) is 1.63. The molecule has 26 heavy (non-hydrogen) atoms. The van der Waals surface area contributed by atoms with E-state index in [0.717, 1.165) is 55.4 Å². The second-order valence-corrected chi connectivity index (χ2v) is 7.75. The number of nitrogens with one attached hydrogen (secondary N) is 2. The van der Waals surface area contributed by atoms with Crippen molar-refractivity contribution in [3.05, 3.63) is 34.9 Å². The lowest BCUT2D eigenvalue weighted by Gasteiger charge is -2.48. The van der Waals surface area contributed by atoms with Crippen LogP contribution in [0, 0.1) is 19.3 Å². The van der Waals surface area contributed by atoms with Gasteiger partial charge in [0.2, 0.25) is 11.8 Å². The molecule has 2 aromatic rings. The number of amides is 2. The molecule has 1 spiro atoms. The van der Waals surface area contributed by atoms with E-state index >= 15 is 0 Å². The van der Waals surface area contributed by atoms with Crippen LogP contribution in [0.1, 0.15) is 29.2 Å². The van der Waals surface area contributed by atoms with Crippen molar-refractivity contribution < 1.29 is 9.59 Å². The molecule has 2 N–H and O–H groups in total. The van der Waals surface area contributed by atoms with Crippen LogP contribution in [0.5, 0.6) is 0 Å². The minimum absolute atomic E-state index is 0.0777. The number of H-pyrrole nitrogens is 2. The van der Waals surface area contributed by atoms with Crippen LogP contribution in [-0.4, -0.2) is 68.2 Å². The van der Waals surface area contributed by atoms with Gasteiger partial charge in [-0.3, -0.25) is 19.8 Å². The van der Waals surface area contributed by atoms with Gasteiger partial charge in [0.25, 0.3) is 0 Å². The van der Waals surface area contributed by atoms with Gasteiger partial charge in [-0.05, 0) is 32.4 Å². The standard InChI is InChI=1S/C18H24N6O2/c1-12-5-14(21-19-12)7-16(25)23-4-3-18(9-23)10-24(11-18)17(26)8-15-6-13(2)20-22-15/h5-6H,3-4,7-11H2,1-2H3,(H,19,21)(H,20,22). The van der Waals surface area contributed by atoms with Crippen molar-refractivity contribution in [1.82, 2.24) is 30.2 Å². The van der Waals surface area contributed by atoms with E-state index in [1.165, 1.54) is 0 Å². The molecule has 0 saturated carbocycles. The van der Waals surface area contributed by atoms with Gasteiger partial charge < -0.3 is 9.80 Å². The summed E-state index contributed by atoms with van der Waals surface area (Å²) in [5.41, 5.74) is 3.57. The van der Waals surface area contributed by atoms with Gasteiger partial charge in [0.05, 0.1) is 24.2 Å². The van der Waals surface area contributed by atoms with Crippen LogP contribution in [0.4, 0.5) is 0 Å². The van der Waals surface area contributed by atoms with Crippen molar-refractivity contribution in [2.75, 3.05) is 26.2 Å². The van der Waals surface area contributed by atoms with E-state index in [9.17, 15) is 9.59 Å². The summed E-state index contributed by atoms with van der Waals surface area (Å²) in [5.74, 6) is 0.226. The first-order valence-electron chi connectivity index (χ1n) is 9.00. The summed E-state index contributed by atoms with van der Waals surface area (Å²) in [5, 5.41) is 14.0. The molecule has 0 unspecified atom stereocenters. The molecule has 4 heterocycles. The zero-order chi connectivity index (χ0) is 18.3. The first kappa shape index (κ1) is 16.8. The Kier molecular flexibility index (Phi) is 4.05. The Morgan fingerprint density at radius 3 is 1.96 bits per heavy atom. The van der Waals surface area contributed by atoms with Crippen LogP contribution >= 0.6 is 0 Å². The normalized spacial score (nSPS) is 18.4. The average molecular weight is 356 g/mol. The van der Waals surface area contributed by atoms with Crippen molar-refractivity contribution in [1.29, 1.82) is 0 Å². The quantitative estimate of drug-likeness (QED) is 0.838. The maximum absolute atomic E-state index is 12.5. The lowest BCUT2D eigenvalue weighted by molar-refractivity contribution is -0.142. The van der Waals surface area contributed by atoms with Crippen molar-refractivity contribution >= 4 is 11.8 Å². The maximum atomic E-state index is 12.5. The monoisotopic (exact) mass is 356 g/mol. The Balaban J connectivity index is 1.28. The molecule has 2 amide bonds. The molecular formula is C18H24N6O2. The summed E-state index contributed by atoms with van der Waals surface area (Å²) < 4.78 is 0. The fourth-order valence-electron chi connectivity index (χ4n) is 4.01. The molecule has 4 rings (SSSR count). The topological polar surface area (TPSA) is 98.0 Å². The van der Waals surface area contributed by atoms with E-state index in [0.29, 0.717) is 12.8 Å². The van der Waals surface area contributed by atoms with Crippen LogP contribution in [-0.2, 0) is 22.4 Å². The third kappa shape index (κ3) is 3.23. The maximum Gasteiger partial charge on any atom is 0.228 e. The molecule has 0 atom stereocenters. The van der Waals surface area contributed by atoms with Gasteiger partial charge in [0.15, 0.2) is 0 Å². The Hall–Kier alpha value is -2.64. The molecule has 2 saturated heterocycles. The van der Waals surface area contributed by atoms with E-state index in [4.69, 9.17) is 0 Å². The molecule has 2 aliphatic heterocycles. The first-order valence-corrected chi connectivity index (χ1v) is 9.00. The number of aryl methyl sites for hydroxylation is 2. The van der Waals surface area contributed by atoms with E-state index in [1.54, 1.807) is 0 Å². The Labute approximate surface area is 151 Å². The third-order valence-corrected chi connectivity index (χ3v) is 5.38. The smallest absolute Gasteiger partial charge is 0.228 e. The Morgan fingerprint density at radius 2 is 1.46 bits per heavy atom. The number of aromatic amines is 2. The van der Waals surface area contributed by atoms with Gasteiger partial charge in [0.1, 0.15) is 0 Å². The number of likely N-dealkylation sites (tertiary alicyclic amines) is 2. The fraction of sp³-hybridized carbons (Fsp3) is 0.556. The van der Waals surface area contributed by atoms with Gasteiger partial charge in [-0.2, -0.15) is 10.2 Å². The van der Waals surface area contributed by atoms with Crippen LogP contribution in [0.15, 0.2) is 12.1 Å². The number of hydrogen-bond acceptors (Lipinski definition) is 4. The average Bonchev–Trinajstić information content (AvgIpc) is 3.26. The highest BCUT2D eigenvalue weighted by Gasteiger charge is 2.50. The number of carbonyl (C=O) groups is 2. The fourth-order valence-corrected chi connectivity index (χ4v) is 4.01. The van der Waals surface area contributed by atoms with Gasteiger partial charge in [-0.25, -0.2) is 0 Å². The minimum Gasteiger partial charge on any atom is -0.342 e. The van der Waals surface area contributed by atoms with Crippen molar-refractivity contribution in [2.24, 2.45) is 5.41 Å². The molecule has 2 aliphatic rings. The van der Waals surface area contributed by atoms with Gasteiger partial charge in [0, 0.05) is 43.0 Å². The molecule has 0 aliphatic carbocycles. The van der Waals surface area contributed by atoms with Crippen LogP contribution in [0.25, 0.3) is 0 Å². The highest BCUT2D eigenvalue weighted by Crippen LogP contribution is 2.39. The van der Waals surface area contributed by atoms with E-state index in [2.05, 4.69) is 20.4 Å². The number of aromatic nitrogens is 4. The zero-order valence-electron chi connectivity index (χ0n) is 15.2. The van der Waals surface area contributed by atoms with Crippen LogP contribution < -0.4 is 0 Å². The van der Waals surface area contributed by atoms with Gasteiger partial charge in [-0.15, -0.1) is 0 Å². The first-order chi connectivity index (χ1) is 12.4. The molecule has 8 heteroatoms. The van der Waals surface area contributed by atoms with Crippen LogP contribution in [0.3, 0.4) is 0 Å². The van der Waals surface area contributed by atoms with Gasteiger partial charge >= 0.3 is 0 Å². The summed E-state index contributed by atoms with van der Waals surface area (Å²) in [7, 11) is 0. The Morgan fingerprint density at radius 1 is 0.962 bits per heavy atom. The molecule has 0 aromatic carbocycles. The molecule has 0 radical (unpaired) electrons. The highest BCUT2D eigenvalue weighted by molar-refractivity contribution is 5.80. The molecule has 0 bridgehead atoms. The molecular weight excluding hydrogens is 332 g/mol. The lowest BCUT2D eigenvalue weighted by atomic mass is 9.79. The van der Waals surface area contributed by atoms with E-state index < -0.39 is 0 Å². The third-order valence-electron chi connectivity index (χ3n) is 5.38. The largest absolute Gasteiger partial charge is 0.342 e. The number of carbonyl (C=O) groups excluding carboxylic acids is 2. The Bertz CT molecular complexity index is 832. The lowest BCUT2D eigenvalue weighted by Crippen LogP contribution is -2.60. The van der Waals surface area contributed by atoms with Gasteiger partial charge in [-0.1, -0.05) is 0 Å².